The minimum atomic E-state index is 0.0496. The Morgan fingerprint density at radius 1 is 1.33 bits per heavy atom. The normalized spacial score (nSPS) is 12.7. The lowest BCUT2D eigenvalue weighted by Gasteiger charge is -2.08. The molecule has 0 saturated heterocycles. The second kappa shape index (κ2) is 3.87. The summed E-state index contributed by atoms with van der Waals surface area (Å²) in [4.78, 5) is 4.15. The number of hydrogen-bond donors (Lipinski definition) is 1. The van der Waals surface area contributed by atoms with Gasteiger partial charge in [-0.15, -0.1) is 0 Å². The molecule has 1 aromatic carbocycles. The van der Waals surface area contributed by atoms with Gasteiger partial charge < -0.3 is 10.5 Å². The predicted octanol–water partition coefficient (Wildman–Crippen LogP) is 2.26. The van der Waals surface area contributed by atoms with E-state index in [4.69, 9.17) is 10.5 Å². The maximum atomic E-state index is 5.83. The van der Waals surface area contributed by atoms with E-state index in [1.165, 1.54) is 0 Å². The number of benzene rings is 1. The number of fused-ring (bicyclic) bond motifs is 1. The largest absolute Gasteiger partial charge is 0.481 e. The van der Waals surface area contributed by atoms with Crippen LogP contribution in [0, 0.1) is 0 Å². The minimum absolute atomic E-state index is 0.0496. The molecule has 1 unspecified atom stereocenters. The maximum Gasteiger partial charge on any atom is 0.221 e. The molecule has 1 aromatic heterocycles. The zero-order valence-corrected chi connectivity index (χ0v) is 8.90. The molecule has 3 nitrogen and oxygen atoms in total. The molecular weight excluding hydrogens is 188 g/mol. The highest BCUT2D eigenvalue weighted by atomic mass is 16.5. The summed E-state index contributed by atoms with van der Waals surface area (Å²) in [6.07, 6.45) is 1.74. The first-order valence-corrected chi connectivity index (χ1v) is 4.90. The summed E-state index contributed by atoms with van der Waals surface area (Å²) in [6, 6.07) is 8.10. The lowest BCUT2D eigenvalue weighted by atomic mass is 10.0. The molecule has 0 saturated carbocycles. The minimum Gasteiger partial charge on any atom is -0.481 e. The molecule has 2 rings (SSSR count). The monoisotopic (exact) mass is 202 g/mol. The van der Waals surface area contributed by atoms with Crippen molar-refractivity contribution in [2.24, 2.45) is 5.73 Å². The van der Waals surface area contributed by atoms with E-state index in [0.29, 0.717) is 5.88 Å². The van der Waals surface area contributed by atoms with Crippen molar-refractivity contribution < 1.29 is 4.74 Å². The summed E-state index contributed by atoms with van der Waals surface area (Å²) >= 11 is 0. The molecule has 0 amide bonds. The van der Waals surface area contributed by atoms with Crippen molar-refractivity contribution in [3.63, 3.8) is 0 Å². The molecule has 15 heavy (non-hydrogen) atoms. The van der Waals surface area contributed by atoms with E-state index in [1.54, 1.807) is 13.3 Å². The lowest BCUT2D eigenvalue weighted by Crippen LogP contribution is -2.04. The molecule has 0 spiro atoms. The molecule has 1 atom stereocenters. The molecule has 0 bridgehead atoms. The van der Waals surface area contributed by atoms with Crippen molar-refractivity contribution in [2.45, 2.75) is 13.0 Å². The number of aromatic nitrogens is 1. The second-order valence-corrected chi connectivity index (χ2v) is 3.59. The fourth-order valence-electron chi connectivity index (χ4n) is 1.61. The fraction of sp³-hybridized carbons (Fsp3) is 0.250. The average molecular weight is 202 g/mol. The van der Waals surface area contributed by atoms with Crippen LogP contribution < -0.4 is 10.5 Å². The molecule has 0 aliphatic carbocycles. The van der Waals surface area contributed by atoms with Crippen molar-refractivity contribution in [3.8, 4) is 5.88 Å². The van der Waals surface area contributed by atoms with Crippen LogP contribution in [-0.2, 0) is 0 Å². The Hall–Kier alpha value is -1.61. The first-order valence-electron chi connectivity index (χ1n) is 4.90. The Labute approximate surface area is 88.9 Å². The smallest absolute Gasteiger partial charge is 0.221 e. The molecule has 0 fully saturated rings. The molecule has 78 valence electrons. The van der Waals surface area contributed by atoms with Crippen molar-refractivity contribution >= 4 is 10.8 Å². The number of rotatable bonds is 2. The van der Waals surface area contributed by atoms with Gasteiger partial charge in [-0.3, -0.25) is 0 Å². The van der Waals surface area contributed by atoms with Gasteiger partial charge in [0.15, 0.2) is 0 Å². The first kappa shape index (κ1) is 9.93. The highest BCUT2D eigenvalue weighted by Gasteiger charge is 2.04. The van der Waals surface area contributed by atoms with Crippen LogP contribution in [0.4, 0.5) is 0 Å². The van der Waals surface area contributed by atoms with Crippen molar-refractivity contribution in [2.75, 3.05) is 7.11 Å². The summed E-state index contributed by atoms with van der Waals surface area (Å²) < 4.78 is 5.19. The van der Waals surface area contributed by atoms with Crippen LogP contribution >= 0.6 is 0 Å². The zero-order chi connectivity index (χ0) is 10.8. The van der Waals surface area contributed by atoms with Crippen LogP contribution in [0.1, 0.15) is 18.5 Å². The Bertz CT molecular complexity index is 480. The molecule has 0 aliphatic rings. The lowest BCUT2D eigenvalue weighted by molar-refractivity contribution is 0.403. The third-order valence-electron chi connectivity index (χ3n) is 2.47. The van der Waals surface area contributed by atoms with E-state index in [1.807, 2.05) is 25.1 Å². The molecule has 2 N–H and O–H groups in total. The van der Waals surface area contributed by atoms with Gasteiger partial charge in [-0.1, -0.05) is 6.07 Å². The van der Waals surface area contributed by atoms with E-state index in [9.17, 15) is 0 Å². The first-order chi connectivity index (χ1) is 7.22. The van der Waals surface area contributed by atoms with Gasteiger partial charge in [0, 0.05) is 17.6 Å². The number of ether oxygens (including phenoxy) is 1. The number of pyridine rings is 1. The molecule has 1 heterocycles. The summed E-state index contributed by atoms with van der Waals surface area (Å²) in [5, 5.41) is 2.13. The summed E-state index contributed by atoms with van der Waals surface area (Å²) in [7, 11) is 1.63. The Kier molecular flexibility index (Phi) is 2.56. The van der Waals surface area contributed by atoms with Gasteiger partial charge >= 0.3 is 0 Å². The Morgan fingerprint density at radius 3 is 2.80 bits per heavy atom. The SMILES string of the molecule is COc1nccc2cc(C(C)N)ccc12. The van der Waals surface area contributed by atoms with Crippen LogP contribution in [0.15, 0.2) is 30.5 Å². The van der Waals surface area contributed by atoms with E-state index in [0.717, 1.165) is 16.3 Å². The van der Waals surface area contributed by atoms with Gasteiger partial charge in [-0.2, -0.15) is 0 Å². The summed E-state index contributed by atoms with van der Waals surface area (Å²) in [5.41, 5.74) is 6.95. The number of nitrogens with zero attached hydrogens (tertiary/aromatic N) is 1. The third-order valence-corrected chi connectivity index (χ3v) is 2.47. The van der Waals surface area contributed by atoms with Crippen LogP contribution in [0.3, 0.4) is 0 Å². The van der Waals surface area contributed by atoms with E-state index in [-0.39, 0.29) is 6.04 Å². The molecular formula is C12H14N2O. The van der Waals surface area contributed by atoms with Crippen LogP contribution in [0.5, 0.6) is 5.88 Å². The zero-order valence-electron chi connectivity index (χ0n) is 8.90. The third kappa shape index (κ3) is 1.78. The van der Waals surface area contributed by atoms with Gasteiger partial charge in [0.25, 0.3) is 0 Å². The quantitative estimate of drug-likeness (QED) is 0.812. The standard InChI is InChI=1S/C12H14N2O/c1-8(13)9-3-4-11-10(7-9)5-6-14-12(11)15-2/h3-8H,13H2,1-2H3. The van der Waals surface area contributed by atoms with Crippen LogP contribution in [0.25, 0.3) is 10.8 Å². The molecule has 0 radical (unpaired) electrons. The number of nitrogens with two attached hydrogens (primary N) is 1. The van der Waals surface area contributed by atoms with Gasteiger partial charge in [0.05, 0.1) is 7.11 Å². The topological polar surface area (TPSA) is 48.1 Å². The summed E-state index contributed by atoms with van der Waals surface area (Å²) in [5.74, 6) is 0.656. The number of methoxy groups -OCH3 is 1. The van der Waals surface area contributed by atoms with Crippen LogP contribution in [-0.4, -0.2) is 12.1 Å². The van der Waals surface area contributed by atoms with Crippen molar-refractivity contribution in [3.05, 3.63) is 36.0 Å². The highest BCUT2D eigenvalue weighted by molar-refractivity contribution is 5.87. The Balaban J connectivity index is 2.63. The summed E-state index contributed by atoms with van der Waals surface area (Å²) in [6.45, 7) is 1.97. The fourth-order valence-corrected chi connectivity index (χ4v) is 1.61. The molecule has 2 aromatic rings. The Morgan fingerprint density at radius 2 is 2.13 bits per heavy atom. The van der Waals surface area contributed by atoms with Crippen molar-refractivity contribution in [1.82, 2.24) is 4.98 Å². The highest BCUT2D eigenvalue weighted by Crippen LogP contribution is 2.25. The second-order valence-electron chi connectivity index (χ2n) is 3.59. The van der Waals surface area contributed by atoms with E-state index < -0.39 is 0 Å². The van der Waals surface area contributed by atoms with Gasteiger partial charge in [-0.25, -0.2) is 4.98 Å². The van der Waals surface area contributed by atoms with Gasteiger partial charge in [0.1, 0.15) is 0 Å². The maximum absolute atomic E-state index is 5.83. The van der Waals surface area contributed by atoms with Gasteiger partial charge in [-0.05, 0) is 36.1 Å². The van der Waals surface area contributed by atoms with Crippen LogP contribution in [0.2, 0.25) is 0 Å². The van der Waals surface area contributed by atoms with Crippen molar-refractivity contribution in [1.29, 1.82) is 0 Å². The van der Waals surface area contributed by atoms with Gasteiger partial charge in [0.2, 0.25) is 5.88 Å². The predicted molar refractivity (Wildman–Crippen MR) is 60.9 cm³/mol. The average Bonchev–Trinajstić information content (AvgIpc) is 2.27. The van der Waals surface area contributed by atoms with E-state index >= 15 is 0 Å². The molecule has 0 aliphatic heterocycles. The molecule has 3 heteroatoms. The van der Waals surface area contributed by atoms with E-state index in [2.05, 4.69) is 11.1 Å². The number of hydrogen-bond acceptors (Lipinski definition) is 3.